The summed E-state index contributed by atoms with van der Waals surface area (Å²) in [4.78, 5) is 11.7. The lowest BCUT2D eigenvalue weighted by atomic mass is 10.2. The van der Waals surface area contributed by atoms with Gasteiger partial charge in [0.2, 0.25) is 0 Å². The van der Waals surface area contributed by atoms with Gasteiger partial charge in [-0.1, -0.05) is 18.2 Å². The predicted molar refractivity (Wildman–Crippen MR) is 62.5 cm³/mol. The summed E-state index contributed by atoms with van der Waals surface area (Å²) < 4.78 is 13.4. The van der Waals surface area contributed by atoms with Crippen molar-refractivity contribution in [2.45, 2.75) is 0 Å². The van der Waals surface area contributed by atoms with Crippen molar-refractivity contribution in [3.8, 4) is 5.75 Å². The Morgan fingerprint density at radius 2 is 1.82 bits per heavy atom. The van der Waals surface area contributed by atoms with Crippen LogP contribution in [-0.2, 0) is 0 Å². The van der Waals surface area contributed by atoms with Crippen LogP contribution in [0.25, 0.3) is 0 Å². The van der Waals surface area contributed by atoms with Crippen LogP contribution in [0.4, 0.5) is 10.1 Å². The highest BCUT2D eigenvalue weighted by molar-refractivity contribution is 6.04. The van der Waals surface area contributed by atoms with Gasteiger partial charge in [0, 0.05) is 11.6 Å². The monoisotopic (exact) mass is 231 g/mol. The van der Waals surface area contributed by atoms with Gasteiger partial charge in [0.1, 0.15) is 11.6 Å². The predicted octanol–water partition coefficient (Wildman–Crippen LogP) is 2.78. The van der Waals surface area contributed by atoms with Gasteiger partial charge in [-0.25, -0.2) is 4.39 Å². The largest absolute Gasteiger partial charge is 0.508 e. The van der Waals surface area contributed by atoms with Crippen LogP contribution in [0, 0.1) is 5.82 Å². The van der Waals surface area contributed by atoms with E-state index in [0.717, 1.165) is 6.07 Å². The zero-order valence-corrected chi connectivity index (χ0v) is 8.85. The lowest BCUT2D eigenvalue weighted by Crippen LogP contribution is -2.12. The van der Waals surface area contributed by atoms with E-state index >= 15 is 0 Å². The summed E-state index contributed by atoms with van der Waals surface area (Å²) in [6.45, 7) is 0. The molecule has 86 valence electrons. The first-order valence-electron chi connectivity index (χ1n) is 5.02. The average Bonchev–Trinajstić information content (AvgIpc) is 2.34. The molecule has 0 aliphatic rings. The van der Waals surface area contributed by atoms with Gasteiger partial charge in [-0.05, 0) is 24.3 Å². The van der Waals surface area contributed by atoms with E-state index in [-0.39, 0.29) is 11.4 Å². The summed E-state index contributed by atoms with van der Waals surface area (Å²) in [6, 6.07) is 12.1. The summed E-state index contributed by atoms with van der Waals surface area (Å²) >= 11 is 0. The number of nitrogens with one attached hydrogen (secondary N) is 1. The van der Waals surface area contributed by atoms with Crippen LogP contribution in [0.2, 0.25) is 0 Å². The molecule has 2 rings (SSSR count). The van der Waals surface area contributed by atoms with Crippen molar-refractivity contribution in [3.05, 3.63) is 59.9 Å². The molecule has 0 saturated heterocycles. The number of amides is 1. The SMILES string of the molecule is O=C(Nc1ccc(O)cc1F)c1ccccc1. The number of aromatic hydroxyl groups is 1. The van der Waals surface area contributed by atoms with E-state index in [1.54, 1.807) is 30.3 Å². The zero-order valence-electron chi connectivity index (χ0n) is 8.85. The molecule has 0 unspecified atom stereocenters. The molecule has 4 heteroatoms. The zero-order chi connectivity index (χ0) is 12.3. The molecule has 0 bridgehead atoms. The Morgan fingerprint density at radius 1 is 1.12 bits per heavy atom. The van der Waals surface area contributed by atoms with Crippen molar-refractivity contribution >= 4 is 11.6 Å². The summed E-state index contributed by atoms with van der Waals surface area (Å²) in [7, 11) is 0. The number of carbonyl (C=O) groups is 1. The molecule has 2 N–H and O–H groups in total. The van der Waals surface area contributed by atoms with Gasteiger partial charge in [-0.15, -0.1) is 0 Å². The van der Waals surface area contributed by atoms with Gasteiger partial charge in [-0.3, -0.25) is 4.79 Å². The first-order chi connectivity index (χ1) is 8.16. The van der Waals surface area contributed by atoms with Crippen molar-refractivity contribution in [1.29, 1.82) is 0 Å². The highest BCUT2D eigenvalue weighted by Gasteiger charge is 2.08. The smallest absolute Gasteiger partial charge is 0.255 e. The molecule has 17 heavy (non-hydrogen) atoms. The topological polar surface area (TPSA) is 49.3 Å². The number of anilines is 1. The minimum atomic E-state index is -0.672. The molecule has 0 heterocycles. The average molecular weight is 231 g/mol. The summed E-state index contributed by atoms with van der Waals surface area (Å²) in [5.74, 6) is -1.25. The Bertz CT molecular complexity index is 540. The molecular formula is C13H10FNO2. The molecule has 0 radical (unpaired) electrons. The van der Waals surface area contributed by atoms with Crippen LogP contribution in [-0.4, -0.2) is 11.0 Å². The van der Waals surface area contributed by atoms with Gasteiger partial charge >= 0.3 is 0 Å². The molecule has 0 aromatic heterocycles. The molecule has 2 aromatic carbocycles. The third-order valence-electron chi connectivity index (χ3n) is 2.24. The first-order valence-corrected chi connectivity index (χ1v) is 5.02. The molecule has 0 aliphatic carbocycles. The van der Waals surface area contributed by atoms with Crippen LogP contribution in [0.3, 0.4) is 0 Å². The van der Waals surface area contributed by atoms with Crippen LogP contribution in [0.1, 0.15) is 10.4 Å². The van der Waals surface area contributed by atoms with Crippen LogP contribution >= 0.6 is 0 Å². The van der Waals surface area contributed by atoms with Gasteiger partial charge < -0.3 is 10.4 Å². The normalized spacial score (nSPS) is 9.94. The molecular weight excluding hydrogens is 221 g/mol. The van der Waals surface area contributed by atoms with E-state index in [2.05, 4.69) is 5.32 Å². The van der Waals surface area contributed by atoms with E-state index in [4.69, 9.17) is 5.11 Å². The van der Waals surface area contributed by atoms with Crippen molar-refractivity contribution in [3.63, 3.8) is 0 Å². The Labute approximate surface area is 97.5 Å². The molecule has 1 amide bonds. The Hall–Kier alpha value is -2.36. The van der Waals surface area contributed by atoms with Crippen molar-refractivity contribution in [2.75, 3.05) is 5.32 Å². The standard InChI is InChI=1S/C13H10FNO2/c14-11-8-10(16)6-7-12(11)15-13(17)9-4-2-1-3-5-9/h1-8,16H,(H,15,17). The molecule has 0 saturated carbocycles. The van der Waals surface area contributed by atoms with Crippen molar-refractivity contribution < 1.29 is 14.3 Å². The van der Waals surface area contributed by atoms with E-state index < -0.39 is 11.7 Å². The second-order valence-corrected chi connectivity index (χ2v) is 3.48. The number of hydrogen-bond acceptors (Lipinski definition) is 2. The van der Waals surface area contributed by atoms with Gasteiger partial charge in [0.15, 0.2) is 0 Å². The van der Waals surface area contributed by atoms with E-state index in [0.29, 0.717) is 5.56 Å². The second kappa shape index (κ2) is 4.65. The number of benzene rings is 2. The highest BCUT2D eigenvalue weighted by atomic mass is 19.1. The Morgan fingerprint density at radius 3 is 2.47 bits per heavy atom. The minimum absolute atomic E-state index is 0.0386. The summed E-state index contributed by atoms with van der Waals surface area (Å²) in [5, 5.41) is 11.5. The maximum Gasteiger partial charge on any atom is 0.255 e. The molecule has 0 atom stereocenters. The third kappa shape index (κ3) is 2.60. The van der Waals surface area contributed by atoms with Gasteiger partial charge in [0.25, 0.3) is 5.91 Å². The molecule has 0 aliphatic heterocycles. The van der Waals surface area contributed by atoms with E-state index in [1.807, 2.05) is 0 Å². The van der Waals surface area contributed by atoms with Crippen molar-refractivity contribution in [1.82, 2.24) is 0 Å². The molecule has 3 nitrogen and oxygen atoms in total. The second-order valence-electron chi connectivity index (χ2n) is 3.48. The van der Waals surface area contributed by atoms with E-state index in [1.165, 1.54) is 12.1 Å². The number of hydrogen-bond donors (Lipinski definition) is 2. The van der Waals surface area contributed by atoms with Gasteiger partial charge in [-0.2, -0.15) is 0 Å². The summed E-state index contributed by atoms with van der Waals surface area (Å²) in [6.07, 6.45) is 0. The first kappa shape index (κ1) is 11.1. The Balaban J connectivity index is 2.19. The lowest BCUT2D eigenvalue weighted by Gasteiger charge is -2.06. The molecule has 0 spiro atoms. The third-order valence-corrected chi connectivity index (χ3v) is 2.24. The summed E-state index contributed by atoms with van der Waals surface area (Å²) in [5.41, 5.74) is 0.483. The fourth-order valence-corrected chi connectivity index (χ4v) is 1.39. The highest BCUT2D eigenvalue weighted by Crippen LogP contribution is 2.19. The number of phenols is 1. The molecule has 2 aromatic rings. The molecule has 0 fully saturated rings. The number of phenolic OH excluding ortho intramolecular Hbond substituents is 1. The maximum atomic E-state index is 13.4. The van der Waals surface area contributed by atoms with Gasteiger partial charge in [0.05, 0.1) is 5.69 Å². The van der Waals surface area contributed by atoms with Crippen LogP contribution in [0.5, 0.6) is 5.75 Å². The fraction of sp³-hybridized carbons (Fsp3) is 0. The fourth-order valence-electron chi connectivity index (χ4n) is 1.39. The number of rotatable bonds is 2. The minimum Gasteiger partial charge on any atom is -0.508 e. The van der Waals surface area contributed by atoms with Crippen LogP contribution < -0.4 is 5.32 Å². The Kier molecular flexibility index (Phi) is 3.05. The number of halogens is 1. The quantitative estimate of drug-likeness (QED) is 0.781. The van der Waals surface area contributed by atoms with Crippen LogP contribution in [0.15, 0.2) is 48.5 Å². The maximum absolute atomic E-state index is 13.4. The van der Waals surface area contributed by atoms with Crippen molar-refractivity contribution in [2.24, 2.45) is 0 Å². The lowest BCUT2D eigenvalue weighted by molar-refractivity contribution is 0.102. The number of carbonyl (C=O) groups excluding carboxylic acids is 1. The van der Waals surface area contributed by atoms with E-state index in [9.17, 15) is 9.18 Å².